The van der Waals surface area contributed by atoms with E-state index in [1.807, 2.05) is 48.2 Å². The van der Waals surface area contributed by atoms with Gasteiger partial charge >= 0.3 is 0 Å². The van der Waals surface area contributed by atoms with Crippen molar-refractivity contribution < 1.29 is 14.3 Å². The lowest BCUT2D eigenvalue weighted by Crippen LogP contribution is -2.16. The Labute approximate surface area is 197 Å². The minimum Gasteiger partial charge on any atom is -0.497 e. The first-order valence-corrected chi connectivity index (χ1v) is 12.5. The molecule has 1 N–H and O–H groups in total. The number of thiophene rings is 1. The van der Waals surface area contributed by atoms with Gasteiger partial charge in [-0.3, -0.25) is 10.1 Å². The smallest absolute Gasteiger partial charge is 0.262 e. The highest BCUT2D eigenvalue weighted by atomic mass is 32.2. The average molecular weight is 485 g/mol. The second-order valence-electron chi connectivity index (χ2n) is 6.55. The number of nitrogens with zero attached hydrogens (tertiary/aromatic N) is 3. The van der Waals surface area contributed by atoms with Crippen molar-refractivity contribution in [3.63, 3.8) is 0 Å². The van der Waals surface area contributed by atoms with Crippen LogP contribution in [0.15, 0.2) is 46.1 Å². The number of amides is 1. The molecule has 0 aliphatic heterocycles. The monoisotopic (exact) mass is 484 g/mol. The van der Waals surface area contributed by atoms with Gasteiger partial charge in [-0.15, -0.1) is 34.4 Å². The van der Waals surface area contributed by atoms with Gasteiger partial charge in [0.25, 0.3) is 5.91 Å². The standard InChI is InChI=1S/C22H20N4O3S3/c1-12-18(21(30-4)25-19(23-12)17-6-5-9-31-17)20(27)26-22-24-15(11-32-22)14-8-7-13(28-2)10-16(14)29-3/h5-11H,1-4H3,(H,24,26,27). The molecule has 1 aromatic carbocycles. The van der Waals surface area contributed by atoms with E-state index < -0.39 is 0 Å². The van der Waals surface area contributed by atoms with Crippen LogP contribution < -0.4 is 14.8 Å². The third kappa shape index (κ3) is 4.47. The van der Waals surface area contributed by atoms with Crippen LogP contribution in [-0.4, -0.2) is 41.3 Å². The number of thioether (sulfide) groups is 1. The number of hydrogen-bond acceptors (Lipinski definition) is 9. The van der Waals surface area contributed by atoms with Crippen LogP contribution in [0.1, 0.15) is 16.1 Å². The number of methoxy groups -OCH3 is 2. The van der Waals surface area contributed by atoms with Crippen molar-refractivity contribution in [2.75, 3.05) is 25.8 Å². The second-order valence-corrected chi connectivity index (χ2v) is 9.15. The number of carbonyl (C=O) groups excluding carboxylic acids is 1. The molecule has 0 aliphatic rings. The SMILES string of the molecule is COc1ccc(-c2csc(NC(=O)c3c(C)nc(-c4cccs4)nc3SC)n2)c(OC)c1. The molecule has 0 aliphatic carbocycles. The van der Waals surface area contributed by atoms with Gasteiger partial charge in [0.2, 0.25) is 0 Å². The number of aromatic nitrogens is 3. The van der Waals surface area contributed by atoms with Crippen LogP contribution in [-0.2, 0) is 0 Å². The summed E-state index contributed by atoms with van der Waals surface area (Å²) in [5, 5.41) is 7.86. The molecule has 1 amide bonds. The van der Waals surface area contributed by atoms with Gasteiger partial charge in [0, 0.05) is 17.0 Å². The molecular formula is C22H20N4O3S3. The van der Waals surface area contributed by atoms with E-state index in [4.69, 9.17) is 9.47 Å². The molecule has 0 saturated carbocycles. The van der Waals surface area contributed by atoms with Crippen molar-refractivity contribution in [1.29, 1.82) is 0 Å². The van der Waals surface area contributed by atoms with Crippen molar-refractivity contribution in [3.05, 3.63) is 52.3 Å². The van der Waals surface area contributed by atoms with E-state index in [2.05, 4.69) is 20.3 Å². The molecule has 0 fully saturated rings. The minimum atomic E-state index is -0.285. The summed E-state index contributed by atoms with van der Waals surface area (Å²) < 4.78 is 10.7. The fourth-order valence-electron chi connectivity index (χ4n) is 3.10. The molecule has 7 nitrogen and oxygen atoms in total. The zero-order chi connectivity index (χ0) is 22.7. The van der Waals surface area contributed by atoms with E-state index in [1.54, 1.807) is 31.6 Å². The molecule has 0 spiro atoms. The van der Waals surface area contributed by atoms with Crippen molar-refractivity contribution in [3.8, 4) is 33.5 Å². The Hall–Kier alpha value is -2.95. The molecule has 0 bridgehead atoms. The molecule has 4 aromatic rings. The first-order valence-electron chi connectivity index (χ1n) is 9.49. The van der Waals surface area contributed by atoms with Gasteiger partial charge < -0.3 is 9.47 Å². The van der Waals surface area contributed by atoms with Crippen LogP contribution in [0.2, 0.25) is 0 Å². The van der Waals surface area contributed by atoms with Crippen LogP contribution in [0.3, 0.4) is 0 Å². The number of nitrogens with one attached hydrogen (secondary N) is 1. The maximum absolute atomic E-state index is 13.1. The lowest BCUT2D eigenvalue weighted by atomic mass is 10.1. The summed E-state index contributed by atoms with van der Waals surface area (Å²) in [4.78, 5) is 27.8. The lowest BCUT2D eigenvalue weighted by molar-refractivity contribution is 0.102. The Balaban J connectivity index is 1.60. The number of benzene rings is 1. The lowest BCUT2D eigenvalue weighted by Gasteiger charge is -2.11. The zero-order valence-corrected chi connectivity index (χ0v) is 20.3. The van der Waals surface area contributed by atoms with Crippen LogP contribution in [0, 0.1) is 6.92 Å². The molecule has 164 valence electrons. The Bertz CT molecular complexity index is 1260. The summed E-state index contributed by atoms with van der Waals surface area (Å²) >= 11 is 4.32. The first-order chi connectivity index (χ1) is 15.5. The molecule has 0 saturated heterocycles. The van der Waals surface area contributed by atoms with Gasteiger partial charge in [-0.2, -0.15) is 0 Å². The highest BCUT2D eigenvalue weighted by molar-refractivity contribution is 7.98. The van der Waals surface area contributed by atoms with Crippen LogP contribution in [0.5, 0.6) is 11.5 Å². The molecule has 32 heavy (non-hydrogen) atoms. The van der Waals surface area contributed by atoms with Gasteiger partial charge in [-0.25, -0.2) is 15.0 Å². The summed E-state index contributed by atoms with van der Waals surface area (Å²) in [6, 6.07) is 9.44. The van der Waals surface area contributed by atoms with E-state index in [-0.39, 0.29) is 5.91 Å². The maximum Gasteiger partial charge on any atom is 0.262 e. The van der Waals surface area contributed by atoms with Gasteiger partial charge in [0.05, 0.1) is 36.0 Å². The number of carbonyl (C=O) groups is 1. The van der Waals surface area contributed by atoms with Crippen LogP contribution in [0.25, 0.3) is 22.0 Å². The average Bonchev–Trinajstić information content (AvgIpc) is 3.50. The Morgan fingerprint density at radius 3 is 2.62 bits per heavy atom. The quantitative estimate of drug-likeness (QED) is 0.269. The molecule has 0 unspecified atom stereocenters. The van der Waals surface area contributed by atoms with E-state index in [0.717, 1.165) is 10.4 Å². The maximum atomic E-state index is 13.1. The van der Waals surface area contributed by atoms with Crippen molar-refractivity contribution in [1.82, 2.24) is 15.0 Å². The molecule has 4 rings (SSSR count). The van der Waals surface area contributed by atoms with E-state index >= 15 is 0 Å². The van der Waals surface area contributed by atoms with Gasteiger partial charge in [-0.1, -0.05) is 6.07 Å². The van der Waals surface area contributed by atoms with Gasteiger partial charge in [0.1, 0.15) is 16.5 Å². The Kier molecular flexibility index (Phi) is 6.73. The minimum absolute atomic E-state index is 0.285. The van der Waals surface area contributed by atoms with Gasteiger partial charge in [-0.05, 0) is 36.8 Å². The molecular weight excluding hydrogens is 464 g/mol. The fraction of sp³-hybridized carbons (Fsp3) is 0.182. The topological polar surface area (TPSA) is 86.2 Å². The number of hydrogen-bond donors (Lipinski definition) is 1. The highest BCUT2D eigenvalue weighted by Gasteiger charge is 2.21. The molecule has 0 atom stereocenters. The third-order valence-corrected chi connectivity index (χ3v) is 6.93. The van der Waals surface area contributed by atoms with Crippen molar-refractivity contribution in [2.24, 2.45) is 0 Å². The Morgan fingerprint density at radius 2 is 1.94 bits per heavy atom. The predicted molar refractivity (Wildman–Crippen MR) is 130 cm³/mol. The van der Waals surface area contributed by atoms with Crippen LogP contribution in [0.4, 0.5) is 5.13 Å². The number of thiazole rings is 1. The van der Waals surface area contributed by atoms with E-state index in [9.17, 15) is 4.79 Å². The normalized spacial score (nSPS) is 10.8. The summed E-state index contributed by atoms with van der Waals surface area (Å²) in [6.45, 7) is 1.82. The number of aryl methyl sites for hydroxylation is 1. The number of rotatable bonds is 7. The highest BCUT2D eigenvalue weighted by Crippen LogP contribution is 2.35. The summed E-state index contributed by atoms with van der Waals surface area (Å²) in [7, 11) is 3.20. The molecule has 0 radical (unpaired) electrons. The Morgan fingerprint density at radius 1 is 1.09 bits per heavy atom. The largest absolute Gasteiger partial charge is 0.497 e. The summed E-state index contributed by atoms with van der Waals surface area (Å²) in [6.07, 6.45) is 1.90. The molecule has 10 heteroatoms. The number of anilines is 1. The van der Waals surface area contributed by atoms with Crippen LogP contribution >= 0.6 is 34.4 Å². The number of ether oxygens (including phenoxy) is 2. The summed E-state index contributed by atoms with van der Waals surface area (Å²) in [5.74, 6) is 1.68. The fourth-order valence-corrected chi connectivity index (χ4v) is 5.08. The van der Waals surface area contributed by atoms with Gasteiger partial charge in [0.15, 0.2) is 11.0 Å². The second kappa shape index (κ2) is 9.68. The molecule has 3 heterocycles. The van der Waals surface area contributed by atoms with E-state index in [0.29, 0.717) is 44.4 Å². The molecule has 3 aromatic heterocycles. The summed E-state index contributed by atoms with van der Waals surface area (Å²) in [5.41, 5.74) is 2.60. The van der Waals surface area contributed by atoms with Crippen molar-refractivity contribution >= 4 is 45.5 Å². The van der Waals surface area contributed by atoms with E-state index in [1.165, 1.54) is 23.1 Å². The van der Waals surface area contributed by atoms with Crippen molar-refractivity contribution in [2.45, 2.75) is 11.9 Å². The first kappa shape index (κ1) is 22.3. The third-order valence-electron chi connectivity index (χ3n) is 4.63. The predicted octanol–water partition coefficient (Wildman–Crippen LogP) is 5.63. The zero-order valence-electron chi connectivity index (χ0n) is 17.8.